The van der Waals surface area contributed by atoms with Crippen molar-refractivity contribution < 1.29 is 27.9 Å². The summed E-state index contributed by atoms with van der Waals surface area (Å²) >= 11 is 6.98. The molecule has 3 aromatic carbocycles. The Morgan fingerprint density at radius 2 is 1.73 bits per heavy atom. The molecule has 41 heavy (non-hydrogen) atoms. The second-order valence-electron chi connectivity index (χ2n) is 9.13. The Kier molecular flexibility index (Phi) is 8.11. The summed E-state index contributed by atoms with van der Waals surface area (Å²) in [6, 6.07) is 22.0. The summed E-state index contributed by atoms with van der Waals surface area (Å²) in [7, 11) is -2.17. The van der Waals surface area contributed by atoms with Crippen LogP contribution in [0.2, 0.25) is 4.34 Å². The van der Waals surface area contributed by atoms with Gasteiger partial charge in [0, 0.05) is 6.54 Å². The molecule has 0 atom stereocenters. The van der Waals surface area contributed by atoms with Gasteiger partial charge in [0.1, 0.15) is 15.7 Å². The van der Waals surface area contributed by atoms with Crippen molar-refractivity contribution in [3.8, 4) is 5.75 Å². The zero-order valence-electron chi connectivity index (χ0n) is 21.7. The summed E-state index contributed by atoms with van der Waals surface area (Å²) in [5.74, 6) is -1.47. The number of methoxy groups -OCH3 is 1. The highest BCUT2D eigenvalue weighted by atomic mass is 35.5. The molecule has 0 aliphatic carbocycles. The van der Waals surface area contributed by atoms with Crippen LogP contribution in [-0.4, -0.2) is 42.3 Å². The van der Waals surface area contributed by atoms with Gasteiger partial charge in [-0.2, -0.15) is 5.10 Å². The maximum Gasteiger partial charge on any atom is 0.336 e. The van der Waals surface area contributed by atoms with Gasteiger partial charge in [0.25, 0.3) is 5.91 Å². The normalized spacial score (nSPS) is 11.5. The lowest BCUT2D eigenvalue weighted by Gasteiger charge is -2.10. The highest BCUT2D eigenvalue weighted by molar-refractivity contribution is 7.92. The summed E-state index contributed by atoms with van der Waals surface area (Å²) in [5, 5.41) is 17.4. The molecule has 0 radical (unpaired) electrons. The van der Waals surface area contributed by atoms with E-state index in [0.717, 1.165) is 22.5 Å². The minimum Gasteiger partial charge on any atom is -0.496 e. The van der Waals surface area contributed by atoms with Crippen LogP contribution < -0.4 is 10.1 Å². The van der Waals surface area contributed by atoms with E-state index in [1.54, 1.807) is 28.9 Å². The number of fused-ring (bicyclic) bond motifs is 1. The number of sulfone groups is 1. The SMILES string of the molecule is COc1cccc2c1c(CS(=O)(=O)c1ccc(Cl)s1)nn2Cc1cccc(CNC(=O)c2ccccc2C(=O)O)c1. The largest absolute Gasteiger partial charge is 0.496 e. The first kappa shape index (κ1) is 28.3. The lowest BCUT2D eigenvalue weighted by atomic mass is 10.1. The second kappa shape index (κ2) is 11.7. The molecule has 0 saturated heterocycles. The number of nitrogens with one attached hydrogen (secondary N) is 1. The van der Waals surface area contributed by atoms with Crippen molar-refractivity contribution >= 4 is 55.6 Å². The van der Waals surface area contributed by atoms with Crippen LogP contribution in [0, 0.1) is 0 Å². The van der Waals surface area contributed by atoms with Crippen LogP contribution in [0.4, 0.5) is 0 Å². The fourth-order valence-corrected chi connectivity index (χ4v) is 7.39. The molecule has 2 aromatic heterocycles. The van der Waals surface area contributed by atoms with Crippen molar-refractivity contribution in [3.63, 3.8) is 0 Å². The van der Waals surface area contributed by atoms with Gasteiger partial charge in [-0.15, -0.1) is 11.3 Å². The van der Waals surface area contributed by atoms with Crippen molar-refractivity contribution in [3.05, 3.63) is 111 Å². The quantitative estimate of drug-likeness (QED) is 0.217. The van der Waals surface area contributed by atoms with Crippen LogP contribution in [0.3, 0.4) is 0 Å². The molecule has 5 aromatic rings. The Morgan fingerprint density at radius 1 is 1.00 bits per heavy atom. The molecule has 0 spiro atoms. The average molecular weight is 610 g/mol. The predicted molar refractivity (Wildman–Crippen MR) is 157 cm³/mol. The lowest BCUT2D eigenvalue weighted by Crippen LogP contribution is -2.25. The van der Waals surface area contributed by atoms with E-state index in [2.05, 4.69) is 10.4 Å². The summed E-state index contributed by atoms with van der Waals surface area (Å²) < 4.78 is 34.1. The summed E-state index contributed by atoms with van der Waals surface area (Å²) in [4.78, 5) is 24.2. The number of carbonyl (C=O) groups is 2. The van der Waals surface area contributed by atoms with Crippen molar-refractivity contribution in [2.75, 3.05) is 7.11 Å². The van der Waals surface area contributed by atoms with E-state index in [1.165, 1.54) is 25.3 Å². The number of hydrogen-bond donors (Lipinski definition) is 2. The van der Waals surface area contributed by atoms with Crippen molar-refractivity contribution in [1.82, 2.24) is 15.1 Å². The Morgan fingerprint density at radius 3 is 2.44 bits per heavy atom. The molecule has 1 amide bonds. The maximum atomic E-state index is 13.2. The number of hydrogen-bond acceptors (Lipinski definition) is 7. The highest BCUT2D eigenvalue weighted by Crippen LogP contribution is 2.33. The molecule has 0 aliphatic heterocycles. The number of carbonyl (C=O) groups excluding carboxylic acids is 1. The Labute approximate surface area is 244 Å². The van der Waals surface area contributed by atoms with Gasteiger partial charge in [-0.3, -0.25) is 9.48 Å². The number of carboxylic acids is 1. The fraction of sp³-hybridized carbons (Fsp3) is 0.138. The van der Waals surface area contributed by atoms with Gasteiger partial charge in [0.05, 0.1) is 45.7 Å². The van der Waals surface area contributed by atoms with E-state index < -0.39 is 21.7 Å². The first-order valence-corrected chi connectivity index (χ1v) is 15.2. The van der Waals surface area contributed by atoms with E-state index in [9.17, 15) is 23.1 Å². The highest BCUT2D eigenvalue weighted by Gasteiger charge is 2.24. The number of amides is 1. The van der Waals surface area contributed by atoms with Gasteiger partial charge in [-0.1, -0.05) is 54.1 Å². The van der Waals surface area contributed by atoms with Gasteiger partial charge in [0.2, 0.25) is 0 Å². The lowest BCUT2D eigenvalue weighted by molar-refractivity contribution is 0.0691. The van der Waals surface area contributed by atoms with E-state index in [-0.39, 0.29) is 27.6 Å². The number of halogens is 1. The van der Waals surface area contributed by atoms with Crippen LogP contribution in [0.5, 0.6) is 5.75 Å². The summed E-state index contributed by atoms with van der Waals surface area (Å²) in [6.45, 7) is 0.513. The average Bonchev–Trinajstić information content (AvgIpc) is 3.55. The number of carboxylic acid groups (broad SMARTS) is 1. The first-order chi connectivity index (χ1) is 19.7. The van der Waals surface area contributed by atoms with Crippen LogP contribution in [-0.2, 0) is 28.7 Å². The minimum absolute atomic E-state index is 0.0697. The van der Waals surface area contributed by atoms with Gasteiger partial charge in [0.15, 0.2) is 9.84 Å². The predicted octanol–water partition coefficient (Wildman–Crippen LogP) is 5.41. The monoisotopic (exact) mass is 609 g/mol. The standard InChI is InChI=1S/C29H24ClN3O6S2/c1-39-24-11-5-10-23-27(24)22(17-41(37,38)26-13-12-25(30)40-26)32-33(23)16-19-7-4-6-18(14-19)15-31-28(34)20-8-2-3-9-21(20)29(35)36/h2-14H,15-17H2,1H3,(H,31,34)(H,35,36). The molecule has 210 valence electrons. The van der Waals surface area contributed by atoms with E-state index in [0.29, 0.717) is 33.2 Å². The minimum atomic E-state index is -3.70. The molecule has 0 bridgehead atoms. The van der Waals surface area contributed by atoms with Gasteiger partial charge < -0.3 is 15.2 Å². The molecule has 2 heterocycles. The van der Waals surface area contributed by atoms with Crippen LogP contribution in [0.15, 0.2) is 83.1 Å². The number of ether oxygens (including phenoxy) is 1. The molecule has 0 unspecified atom stereocenters. The number of nitrogens with zero attached hydrogens (tertiary/aromatic N) is 2. The Hall–Kier alpha value is -4.19. The van der Waals surface area contributed by atoms with E-state index >= 15 is 0 Å². The number of benzene rings is 3. The zero-order valence-corrected chi connectivity index (χ0v) is 24.1. The van der Waals surface area contributed by atoms with Gasteiger partial charge in [-0.25, -0.2) is 13.2 Å². The van der Waals surface area contributed by atoms with E-state index in [1.807, 2.05) is 36.4 Å². The van der Waals surface area contributed by atoms with Crippen molar-refractivity contribution in [2.24, 2.45) is 0 Å². The molecular weight excluding hydrogens is 586 g/mol. The molecule has 5 rings (SSSR count). The van der Waals surface area contributed by atoms with Crippen molar-refractivity contribution in [2.45, 2.75) is 23.1 Å². The fourth-order valence-electron chi connectivity index (χ4n) is 4.54. The number of aromatic nitrogens is 2. The second-order valence-corrected chi connectivity index (χ2v) is 13.1. The summed E-state index contributed by atoms with van der Waals surface area (Å²) in [5.41, 5.74) is 2.76. The van der Waals surface area contributed by atoms with E-state index in [4.69, 9.17) is 16.3 Å². The first-order valence-electron chi connectivity index (χ1n) is 12.3. The number of thiophene rings is 1. The van der Waals surface area contributed by atoms with Crippen LogP contribution in [0.1, 0.15) is 37.5 Å². The number of rotatable bonds is 10. The third kappa shape index (κ3) is 6.12. The molecule has 12 heteroatoms. The third-order valence-corrected chi connectivity index (χ3v) is 9.83. The molecule has 0 saturated carbocycles. The van der Waals surface area contributed by atoms with Gasteiger partial charge >= 0.3 is 5.97 Å². The Bertz CT molecular complexity index is 1880. The smallest absolute Gasteiger partial charge is 0.336 e. The molecule has 0 fully saturated rings. The maximum absolute atomic E-state index is 13.2. The topological polar surface area (TPSA) is 128 Å². The molecule has 0 aliphatic rings. The molecule has 2 N–H and O–H groups in total. The van der Waals surface area contributed by atoms with Crippen LogP contribution >= 0.6 is 22.9 Å². The van der Waals surface area contributed by atoms with Gasteiger partial charge in [-0.05, 0) is 47.5 Å². The summed E-state index contributed by atoms with van der Waals surface area (Å²) in [6.07, 6.45) is 0. The van der Waals surface area contributed by atoms with Crippen LogP contribution in [0.25, 0.3) is 10.9 Å². The molecular formula is C29H24ClN3O6S2. The zero-order chi connectivity index (χ0) is 29.1. The Balaban J connectivity index is 1.40. The molecule has 9 nitrogen and oxygen atoms in total. The van der Waals surface area contributed by atoms with Crippen molar-refractivity contribution in [1.29, 1.82) is 0 Å². The third-order valence-electron chi connectivity index (χ3n) is 6.39. The number of aromatic carboxylic acids is 1.